The van der Waals surface area contributed by atoms with E-state index in [0.29, 0.717) is 11.1 Å². The number of hydrogen-bond donors (Lipinski definition) is 2. The molecule has 0 saturated heterocycles. The molecule has 0 aliphatic rings. The van der Waals surface area contributed by atoms with Crippen molar-refractivity contribution >= 4 is 16.8 Å². The third-order valence-electron chi connectivity index (χ3n) is 2.41. The number of aromatic amines is 1. The molecule has 3 N–H and O–H groups in total. The molecule has 2 rings (SSSR count). The van der Waals surface area contributed by atoms with E-state index in [9.17, 15) is 4.79 Å². The predicted molar refractivity (Wildman–Crippen MR) is 63.8 cm³/mol. The molecule has 1 aromatic carbocycles. The zero-order valence-electron chi connectivity index (χ0n) is 9.36. The van der Waals surface area contributed by atoms with E-state index in [1.165, 1.54) is 0 Å². The van der Waals surface area contributed by atoms with Crippen LogP contribution in [-0.2, 0) is 0 Å². The van der Waals surface area contributed by atoms with E-state index in [1.54, 1.807) is 0 Å². The van der Waals surface area contributed by atoms with Gasteiger partial charge in [-0.3, -0.25) is 4.98 Å². The Hall–Kier alpha value is -1.75. The van der Waals surface area contributed by atoms with E-state index in [0.717, 1.165) is 12.2 Å². The molecular formula is C11H15N3O2. The molecule has 1 unspecified atom stereocenters. The van der Waals surface area contributed by atoms with E-state index < -0.39 is 5.76 Å². The summed E-state index contributed by atoms with van der Waals surface area (Å²) in [5.41, 5.74) is 7.98. The normalized spacial score (nSPS) is 12.9. The lowest BCUT2D eigenvalue weighted by Crippen LogP contribution is -2.32. The Morgan fingerprint density at radius 1 is 1.56 bits per heavy atom. The van der Waals surface area contributed by atoms with Gasteiger partial charge in [-0.25, -0.2) is 4.79 Å². The molecule has 1 aromatic heterocycles. The lowest BCUT2D eigenvalue weighted by molar-refractivity contribution is 0.555. The molecule has 0 bridgehead atoms. The number of H-pyrrole nitrogens is 1. The van der Waals surface area contributed by atoms with Crippen molar-refractivity contribution in [3.63, 3.8) is 0 Å². The zero-order valence-corrected chi connectivity index (χ0v) is 9.36. The Morgan fingerprint density at radius 3 is 3.00 bits per heavy atom. The number of fused-ring (bicyclic) bond motifs is 1. The number of rotatable bonds is 3. The van der Waals surface area contributed by atoms with Crippen LogP contribution in [0.15, 0.2) is 27.4 Å². The van der Waals surface area contributed by atoms with Crippen LogP contribution in [0.25, 0.3) is 11.1 Å². The van der Waals surface area contributed by atoms with Crippen molar-refractivity contribution in [1.29, 1.82) is 0 Å². The number of nitrogens with zero attached hydrogens (tertiary/aromatic N) is 1. The van der Waals surface area contributed by atoms with Gasteiger partial charge >= 0.3 is 5.76 Å². The molecule has 0 spiro atoms. The summed E-state index contributed by atoms with van der Waals surface area (Å²) in [7, 11) is 1.95. The van der Waals surface area contributed by atoms with Gasteiger partial charge in [-0.2, -0.15) is 0 Å². The van der Waals surface area contributed by atoms with E-state index in [2.05, 4.69) is 4.98 Å². The minimum absolute atomic E-state index is 0.0962. The van der Waals surface area contributed by atoms with Crippen molar-refractivity contribution in [2.45, 2.75) is 13.0 Å². The first-order chi connectivity index (χ1) is 7.56. The Kier molecular flexibility index (Phi) is 2.70. The highest BCUT2D eigenvalue weighted by atomic mass is 16.4. The first-order valence-corrected chi connectivity index (χ1v) is 5.16. The van der Waals surface area contributed by atoms with Crippen molar-refractivity contribution in [3.05, 3.63) is 28.7 Å². The number of hydrogen-bond acceptors (Lipinski definition) is 4. The van der Waals surface area contributed by atoms with Crippen LogP contribution in [0.1, 0.15) is 6.92 Å². The number of anilines is 1. The van der Waals surface area contributed by atoms with Gasteiger partial charge < -0.3 is 15.1 Å². The zero-order chi connectivity index (χ0) is 11.7. The molecule has 5 nitrogen and oxygen atoms in total. The largest absolute Gasteiger partial charge is 0.417 e. The van der Waals surface area contributed by atoms with Crippen LogP contribution < -0.4 is 16.4 Å². The standard InChI is InChI=1S/C11H15N3O2/c1-7(12)6-14(2)8-3-4-9-10(5-8)16-11(15)13-9/h3-5,7H,6,12H2,1-2H3,(H,13,15). The molecule has 0 aliphatic heterocycles. The molecule has 2 aromatic rings. The van der Waals surface area contributed by atoms with Crippen molar-refractivity contribution in [2.75, 3.05) is 18.5 Å². The molecule has 86 valence electrons. The van der Waals surface area contributed by atoms with Crippen molar-refractivity contribution in [3.8, 4) is 0 Å². The number of benzene rings is 1. The summed E-state index contributed by atoms with van der Waals surface area (Å²) >= 11 is 0. The molecule has 0 radical (unpaired) electrons. The second kappa shape index (κ2) is 4.02. The summed E-state index contributed by atoms with van der Waals surface area (Å²) in [6.07, 6.45) is 0. The van der Waals surface area contributed by atoms with Crippen LogP contribution in [0.2, 0.25) is 0 Å². The molecule has 1 heterocycles. The molecule has 0 aliphatic carbocycles. The molecule has 16 heavy (non-hydrogen) atoms. The quantitative estimate of drug-likeness (QED) is 0.807. The van der Waals surface area contributed by atoms with Gasteiger partial charge in [0.25, 0.3) is 0 Å². The smallest absolute Gasteiger partial charge is 0.408 e. The van der Waals surface area contributed by atoms with E-state index >= 15 is 0 Å². The van der Waals surface area contributed by atoms with Crippen LogP contribution >= 0.6 is 0 Å². The maximum absolute atomic E-state index is 11.0. The van der Waals surface area contributed by atoms with Crippen LogP contribution in [-0.4, -0.2) is 24.6 Å². The number of nitrogens with two attached hydrogens (primary N) is 1. The molecule has 0 amide bonds. The van der Waals surface area contributed by atoms with Crippen molar-refractivity contribution in [1.82, 2.24) is 4.98 Å². The van der Waals surface area contributed by atoms with Gasteiger partial charge in [0.15, 0.2) is 5.58 Å². The molecule has 5 heteroatoms. The average Bonchev–Trinajstić information content (AvgIpc) is 2.55. The van der Waals surface area contributed by atoms with Gasteiger partial charge in [0.05, 0.1) is 5.52 Å². The topological polar surface area (TPSA) is 75.3 Å². The molecule has 1 atom stereocenters. The van der Waals surface area contributed by atoms with Gasteiger partial charge in [0.2, 0.25) is 0 Å². The molecular weight excluding hydrogens is 206 g/mol. The Labute approximate surface area is 92.8 Å². The Balaban J connectivity index is 2.34. The first kappa shape index (κ1) is 10.8. The molecule has 0 fully saturated rings. The van der Waals surface area contributed by atoms with E-state index in [1.807, 2.05) is 37.1 Å². The number of aromatic nitrogens is 1. The minimum Gasteiger partial charge on any atom is -0.408 e. The fraction of sp³-hybridized carbons (Fsp3) is 0.364. The van der Waals surface area contributed by atoms with Gasteiger partial charge in [0.1, 0.15) is 0 Å². The minimum atomic E-state index is -0.429. The summed E-state index contributed by atoms with van der Waals surface area (Å²) in [6.45, 7) is 2.70. The average molecular weight is 221 g/mol. The van der Waals surface area contributed by atoms with Gasteiger partial charge in [-0.15, -0.1) is 0 Å². The van der Waals surface area contributed by atoms with Crippen molar-refractivity contribution in [2.24, 2.45) is 5.73 Å². The number of oxazole rings is 1. The van der Waals surface area contributed by atoms with Crippen molar-refractivity contribution < 1.29 is 4.42 Å². The van der Waals surface area contributed by atoms with Gasteiger partial charge in [0, 0.05) is 31.4 Å². The van der Waals surface area contributed by atoms with Gasteiger partial charge in [-0.05, 0) is 19.1 Å². The summed E-state index contributed by atoms with van der Waals surface area (Å²) < 4.78 is 4.99. The van der Waals surface area contributed by atoms with E-state index in [-0.39, 0.29) is 6.04 Å². The van der Waals surface area contributed by atoms with E-state index in [4.69, 9.17) is 10.2 Å². The van der Waals surface area contributed by atoms with Crippen LogP contribution in [0.3, 0.4) is 0 Å². The monoisotopic (exact) mass is 221 g/mol. The lowest BCUT2D eigenvalue weighted by Gasteiger charge is -2.21. The lowest BCUT2D eigenvalue weighted by atomic mass is 10.2. The Morgan fingerprint density at radius 2 is 2.31 bits per heavy atom. The summed E-state index contributed by atoms with van der Waals surface area (Å²) in [6, 6.07) is 5.68. The fourth-order valence-corrected chi connectivity index (χ4v) is 1.71. The first-order valence-electron chi connectivity index (χ1n) is 5.16. The summed E-state index contributed by atoms with van der Waals surface area (Å²) in [5.74, 6) is -0.429. The maximum Gasteiger partial charge on any atom is 0.417 e. The van der Waals surface area contributed by atoms with Crippen LogP contribution in [0.5, 0.6) is 0 Å². The maximum atomic E-state index is 11.0. The highest BCUT2D eigenvalue weighted by Crippen LogP contribution is 2.19. The van der Waals surface area contributed by atoms with Crippen LogP contribution in [0, 0.1) is 0 Å². The highest BCUT2D eigenvalue weighted by Gasteiger charge is 2.06. The van der Waals surface area contributed by atoms with Gasteiger partial charge in [-0.1, -0.05) is 0 Å². The summed E-state index contributed by atoms with van der Waals surface area (Å²) in [5, 5.41) is 0. The third-order valence-corrected chi connectivity index (χ3v) is 2.41. The second-order valence-corrected chi connectivity index (χ2v) is 4.05. The highest BCUT2D eigenvalue weighted by molar-refractivity contribution is 5.76. The number of likely N-dealkylation sites (N-methyl/N-ethyl adjacent to an activating group) is 1. The Bertz CT molecular complexity index is 541. The number of nitrogens with one attached hydrogen (secondary N) is 1. The fourth-order valence-electron chi connectivity index (χ4n) is 1.71. The predicted octanol–water partition coefficient (Wildman–Crippen LogP) is 0.904. The third kappa shape index (κ3) is 2.09. The van der Waals surface area contributed by atoms with Crippen LogP contribution in [0.4, 0.5) is 5.69 Å². The molecule has 0 saturated carbocycles. The second-order valence-electron chi connectivity index (χ2n) is 4.05. The SMILES string of the molecule is CC(N)CN(C)c1ccc2[nH]c(=O)oc2c1. The summed E-state index contributed by atoms with van der Waals surface area (Å²) in [4.78, 5) is 15.6.